The maximum absolute atomic E-state index is 12.0. The Bertz CT molecular complexity index is 456. The molecule has 1 aromatic rings. The molecule has 1 atom stereocenters. The maximum atomic E-state index is 12.0. The summed E-state index contributed by atoms with van der Waals surface area (Å²) >= 11 is 0. The molecule has 0 saturated carbocycles. The molecule has 0 aromatic carbocycles. The number of carbonyl (C=O) groups excluding carboxylic acids is 1. The number of nitrogens with zero attached hydrogens (tertiary/aromatic N) is 2. The average Bonchev–Trinajstić information content (AvgIpc) is 2.87. The van der Waals surface area contributed by atoms with Gasteiger partial charge in [-0.3, -0.25) is 4.98 Å². The number of ether oxygens (including phenoxy) is 1. The predicted octanol–water partition coefficient (Wildman–Crippen LogP) is 2.22. The molecule has 0 radical (unpaired) electrons. The second kappa shape index (κ2) is 6.89. The van der Waals surface area contributed by atoms with Gasteiger partial charge in [0.2, 0.25) is 0 Å². The maximum Gasteiger partial charge on any atom is 0.410 e. The first-order valence-electron chi connectivity index (χ1n) is 7.55. The van der Waals surface area contributed by atoms with Crippen molar-refractivity contribution in [2.75, 3.05) is 19.6 Å². The smallest absolute Gasteiger partial charge is 0.410 e. The topological polar surface area (TPSA) is 54.5 Å². The van der Waals surface area contributed by atoms with E-state index in [1.165, 1.54) is 0 Å². The standard InChI is InChI=1S/C16H25N3O2/c1-16(2,3)21-15(20)19-11-8-14(12-19)18-10-7-13-6-4-5-9-17-13/h4-6,9,14,18H,7-8,10-12H2,1-3H3. The summed E-state index contributed by atoms with van der Waals surface area (Å²) < 4.78 is 5.39. The summed E-state index contributed by atoms with van der Waals surface area (Å²) in [5.41, 5.74) is 0.661. The summed E-state index contributed by atoms with van der Waals surface area (Å²) in [5.74, 6) is 0. The second-order valence-electron chi connectivity index (χ2n) is 6.44. The monoisotopic (exact) mass is 291 g/mol. The molecule has 1 N–H and O–H groups in total. The molecule has 0 aliphatic carbocycles. The fourth-order valence-corrected chi connectivity index (χ4v) is 2.37. The molecule has 0 bridgehead atoms. The lowest BCUT2D eigenvalue weighted by molar-refractivity contribution is 0.0291. The van der Waals surface area contributed by atoms with Gasteiger partial charge >= 0.3 is 6.09 Å². The third kappa shape index (κ3) is 5.34. The highest BCUT2D eigenvalue weighted by Gasteiger charge is 2.29. The van der Waals surface area contributed by atoms with E-state index in [-0.39, 0.29) is 6.09 Å². The second-order valence-corrected chi connectivity index (χ2v) is 6.44. The van der Waals surface area contributed by atoms with E-state index in [1.54, 1.807) is 4.90 Å². The number of amides is 1. The number of carbonyl (C=O) groups is 1. The molecular weight excluding hydrogens is 266 g/mol. The van der Waals surface area contributed by atoms with Crippen LogP contribution in [0.4, 0.5) is 4.79 Å². The predicted molar refractivity (Wildman–Crippen MR) is 82.2 cm³/mol. The first kappa shape index (κ1) is 15.8. The van der Waals surface area contributed by atoms with Gasteiger partial charge in [-0.1, -0.05) is 6.07 Å². The van der Waals surface area contributed by atoms with Gasteiger partial charge in [0.05, 0.1) is 0 Å². The Morgan fingerprint density at radius 3 is 2.95 bits per heavy atom. The zero-order valence-corrected chi connectivity index (χ0v) is 13.1. The molecule has 1 aliphatic heterocycles. The number of likely N-dealkylation sites (tertiary alicyclic amines) is 1. The van der Waals surface area contributed by atoms with Crippen LogP contribution in [0.2, 0.25) is 0 Å². The van der Waals surface area contributed by atoms with Crippen molar-refractivity contribution >= 4 is 6.09 Å². The van der Waals surface area contributed by atoms with Crippen molar-refractivity contribution in [3.05, 3.63) is 30.1 Å². The highest BCUT2D eigenvalue weighted by Crippen LogP contribution is 2.15. The molecule has 1 saturated heterocycles. The molecule has 1 fully saturated rings. The number of hydrogen-bond donors (Lipinski definition) is 1. The van der Waals surface area contributed by atoms with Crippen LogP contribution in [0.1, 0.15) is 32.9 Å². The van der Waals surface area contributed by atoms with Crippen LogP contribution in [0.5, 0.6) is 0 Å². The molecular formula is C16H25N3O2. The molecule has 1 aromatic heterocycles. The van der Waals surface area contributed by atoms with E-state index >= 15 is 0 Å². The van der Waals surface area contributed by atoms with Crippen LogP contribution in [0.15, 0.2) is 24.4 Å². The van der Waals surface area contributed by atoms with Crippen molar-refractivity contribution in [1.82, 2.24) is 15.2 Å². The Labute approximate surface area is 126 Å². The van der Waals surface area contributed by atoms with Gasteiger partial charge in [-0.25, -0.2) is 4.79 Å². The zero-order chi connectivity index (χ0) is 15.3. The quantitative estimate of drug-likeness (QED) is 0.924. The summed E-state index contributed by atoms with van der Waals surface area (Å²) in [7, 11) is 0. The minimum Gasteiger partial charge on any atom is -0.444 e. The van der Waals surface area contributed by atoms with E-state index in [0.29, 0.717) is 6.04 Å². The minimum atomic E-state index is -0.429. The minimum absolute atomic E-state index is 0.212. The van der Waals surface area contributed by atoms with E-state index in [2.05, 4.69) is 10.3 Å². The summed E-state index contributed by atoms with van der Waals surface area (Å²) in [6, 6.07) is 6.30. The summed E-state index contributed by atoms with van der Waals surface area (Å²) in [6.45, 7) is 8.04. The fraction of sp³-hybridized carbons (Fsp3) is 0.625. The lowest BCUT2D eigenvalue weighted by Gasteiger charge is -2.24. The molecule has 1 unspecified atom stereocenters. The van der Waals surface area contributed by atoms with Crippen molar-refractivity contribution in [3.63, 3.8) is 0 Å². The third-order valence-corrected chi connectivity index (χ3v) is 3.38. The molecule has 2 heterocycles. The van der Waals surface area contributed by atoms with Crippen LogP contribution in [-0.4, -0.2) is 47.3 Å². The highest BCUT2D eigenvalue weighted by atomic mass is 16.6. The van der Waals surface area contributed by atoms with Gasteiger partial charge in [0.25, 0.3) is 0 Å². The third-order valence-electron chi connectivity index (χ3n) is 3.38. The van der Waals surface area contributed by atoms with Crippen LogP contribution in [0.25, 0.3) is 0 Å². The lowest BCUT2D eigenvalue weighted by atomic mass is 10.2. The highest BCUT2D eigenvalue weighted by molar-refractivity contribution is 5.68. The van der Waals surface area contributed by atoms with E-state index < -0.39 is 5.60 Å². The van der Waals surface area contributed by atoms with E-state index in [4.69, 9.17) is 4.74 Å². The van der Waals surface area contributed by atoms with Crippen LogP contribution in [0, 0.1) is 0 Å². The molecule has 1 amide bonds. The summed E-state index contributed by atoms with van der Waals surface area (Å²) in [6.07, 6.45) is 3.48. The van der Waals surface area contributed by atoms with Gasteiger partial charge in [0.15, 0.2) is 0 Å². The van der Waals surface area contributed by atoms with E-state index in [9.17, 15) is 4.79 Å². The van der Waals surface area contributed by atoms with E-state index in [0.717, 1.165) is 38.2 Å². The van der Waals surface area contributed by atoms with Crippen molar-refractivity contribution in [2.24, 2.45) is 0 Å². The van der Waals surface area contributed by atoms with Crippen LogP contribution in [-0.2, 0) is 11.2 Å². The number of aromatic nitrogens is 1. The first-order chi connectivity index (χ1) is 9.94. The van der Waals surface area contributed by atoms with E-state index in [1.807, 2.05) is 45.2 Å². The van der Waals surface area contributed by atoms with Gasteiger partial charge in [-0.2, -0.15) is 0 Å². The number of hydrogen-bond acceptors (Lipinski definition) is 4. The molecule has 5 nitrogen and oxygen atoms in total. The van der Waals surface area contributed by atoms with Crippen LogP contribution < -0.4 is 5.32 Å². The Morgan fingerprint density at radius 2 is 2.29 bits per heavy atom. The normalized spacial score (nSPS) is 18.8. The molecule has 0 spiro atoms. The zero-order valence-electron chi connectivity index (χ0n) is 13.1. The van der Waals surface area contributed by atoms with Crippen LogP contribution >= 0.6 is 0 Å². The van der Waals surface area contributed by atoms with Gasteiger partial charge < -0.3 is 15.0 Å². The Hall–Kier alpha value is -1.62. The first-order valence-corrected chi connectivity index (χ1v) is 7.55. The number of rotatable bonds is 4. The van der Waals surface area contributed by atoms with Crippen molar-refractivity contribution in [2.45, 2.75) is 45.3 Å². The fourth-order valence-electron chi connectivity index (χ4n) is 2.37. The molecule has 116 valence electrons. The molecule has 2 rings (SSSR count). The summed E-state index contributed by atoms with van der Waals surface area (Å²) in [5, 5.41) is 3.49. The molecule has 21 heavy (non-hydrogen) atoms. The van der Waals surface area contributed by atoms with Crippen molar-refractivity contribution in [1.29, 1.82) is 0 Å². The average molecular weight is 291 g/mol. The Morgan fingerprint density at radius 1 is 1.48 bits per heavy atom. The van der Waals surface area contributed by atoms with Gasteiger partial charge in [-0.15, -0.1) is 0 Å². The van der Waals surface area contributed by atoms with Gasteiger partial charge in [0.1, 0.15) is 5.60 Å². The largest absolute Gasteiger partial charge is 0.444 e. The van der Waals surface area contributed by atoms with Gasteiger partial charge in [0, 0.05) is 44.0 Å². The lowest BCUT2D eigenvalue weighted by Crippen LogP contribution is -2.38. The summed E-state index contributed by atoms with van der Waals surface area (Å²) in [4.78, 5) is 18.1. The van der Waals surface area contributed by atoms with Crippen molar-refractivity contribution in [3.8, 4) is 0 Å². The Balaban J connectivity index is 1.69. The Kier molecular flexibility index (Phi) is 5.17. The van der Waals surface area contributed by atoms with Crippen molar-refractivity contribution < 1.29 is 9.53 Å². The molecule has 5 heteroatoms. The van der Waals surface area contributed by atoms with Crippen LogP contribution in [0.3, 0.4) is 0 Å². The molecule has 1 aliphatic rings. The van der Waals surface area contributed by atoms with Gasteiger partial charge in [-0.05, 0) is 39.3 Å². The number of pyridine rings is 1. The number of nitrogens with one attached hydrogen (secondary N) is 1. The SMILES string of the molecule is CC(C)(C)OC(=O)N1CCC(NCCc2ccccn2)C1.